The smallest absolute Gasteiger partial charge is 0.232 e. The average molecular weight is 495 g/mol. The van der Waals surface area contributed by atoms with Crippen LogP contribution in [-0.4, -0.2) is 41.6 Å². The van der Waals surface area contributed by atoms with Gasteiger partial charge < -0.3 is 14.5 Å². The number of halogens is 3. The third-order valence-corrected chi connectivity index (χ3v) is 7.49. The lowest BCUT2D eigenvalue weighted by atomic mass is 9.83. The summed E-state index contributed by atoms with van der Waals surface area (Å²) >= 11 is 13.5. The molecule has 168 valence electrons. The minimum atomic E-state index is -0.792. The summed E-state index contributed by atoms with van der Waals surface area (Å²) < 4.78 is 20.0. The van der Waals surface area contributed by atoms with Gasteiger partial charge in [-0.1, -0.05) is 40.5 Å². The Hall–Kier alpha value is -1.80. The monoisotopic (exact) mass is 494 g/mol. The van der Waals surface area contributed by atoms with E-state index >= 15 is 0 Å². The molecule has 3 aliphatic rings. The number of nitrogens with zero attached hydrogens (tertiary/aromatic N) is 2. The number of likely N-dealkylation sites (tertiary alicyclic amines) is 1. The molecule has 3 heterocycles. The van der Waals surface area contributed by atoms with Crippen molar-refractivity contribution < 1.29 is 18.8 Å². The van der Waals surface area contributed by atoms with Gasteiger partial charge in [0.2, 0.25) is 5.91 Å². The van der Waals surface area contributed by atoms with Crippen LogP contribution >= 0.6 is 35.0 Å². The minimum absolute atomic E-state index is 0.0451. The van der Waals surface area contributed by atoms with E-state index in [2.05, 4.69) is 17.3 Å². The molecule has 1 spiro atoms. The van der Waals surface area contributed by atoms with Gasteiger partial charge in [-0.05, 0) is 48.1 Å². The van der Waals surface area contributed by atoms with E-state index in [9.17, 15) is 9.18 Å². The van der Waals surface area contributed by atoms with Gasteiger partial charge in [-0.25, -0.2) is 4.39 Å². The number of benzene rings is 2. The summed E-state index contributed by atoms with van der Waals surface area (Å²) in [5.41, 5.74) is 3.45. The number of oxime groups is 1. The third kappa shape index (κ3) is 3.50. The van der Waals surface area contributed by atoms with Gasteiger partial charge in [0.05, 0.1) is 41.2 Å². The molecule has 0 N–H and O–H groups in total. The Balaban J connectivity index is 1.33. The van der Waals surface area contributed by atoms with Crippen LogP contribution in [0.25, 0.3) is 0 Å². The van der Waals surface area contributed by atoms with Crippen molar-refractivity contribution in [3.8, 4) is 0 Å². The molecule has 1 unspecified atom stereocenters. The van der Waals surface area contributed by atoms with Crippen LogP contribution < -0.4 is 0 Å². The van der Waals surface area contributed by atoms with Crippen molar-refractivity contribution in [2.24, 2.45) is 5.16 Å². The molecule has 1 fully saturated rings. The first kappa shape index (κ1) is 22.0. The summed E-state index contributed by atoms with van der Waals surface area (Å²) in [5, 5.41) is 4.22. The molecule has 1 amide bonds. The SMILES string of the molecule is CSCC(=O)N1CC2(C1)OCc1cc(C3=NOC(C)(c4cc(Cl)c(F)c(Cl)c4)C3)ccc12. The Morgan fingerprint density at radius 1 is 1.25 bits per heavy atom. The van der Waals surface area contributed by atoms with Crippen LogP contribution in [0.1, 0.15) is 35.6 Å². The first-order chi connectivity index (χ1) is 15.2. The molecule has 9 heteroatoms. The first-order valence-electron chi connectivity index (χ1n) is 10.2. The predicted octanol–water partition coefficient (Wildman–Crippen LogP) is 5.10. The maximum absolute atomic E-state index is 13.8. The maximum Gasteiger partial charge on any atom is 0.232 e. The van der Waals surface area contributed by atoms with E-state index in [1.54, 1.807) is 0 Å². The Labute approximate surface area is 199 Å². The van der Waals surface area contributed by atoms with E-state index in [0.717, 1.165) is 22.4 Å². The van der Waals surface area contributed by atoms with Crippen LogP contribution in [0.2, 0.25) is 10.0 Å². The average Bonchev–Trinajstić information content (AvgIpc) is 3.32. The number of ether oxygens (including phenoxy) is 1. The zero-order chi connectivity index (χ0) is 22.7. The van der Waals surface area contributed by atoms with Gasteiger partial charge >= 0.3 is 0 Å². The van der Waals surface area contributed by atoms with Gasteiger partial charge in [-0.15, -0.1) is 0 Å². The lowest BCUT2D eigenvalue weighted by Gasteiger charge is -2.47. The summed E-state index contributed by atoms with van der Waals surface area (Å²) in [6.07, 6.45) is 2.42. The van der Waals surface area contributed by atoms with Crippen LogP contribution in [0.4, 0.5) is 4.39 Å². The fourth-order valence-electron chi connectivity index (χ4n) is 4.56. The molecule has 1 atom stereocenters. The van der Waals surface area contributed by atoms with Crippen molar-refractivity contribution >= 4 is 46.6 Å². The molecular formula is C23H21Cl2FN2O3S. The molecule has 0 aromatic heterocycles. The molecule has 2 aromatic rings. The van der Waals surface area contributed by atoms with Crippen molar-refractivity contribution in [3.63, 3.8) is 0 Å². The highest BCUT2D eigenvalue weighted by molar-refractivity contribution is 7.99. The van der Waals surface area contributed by atoms with Gasteiger partial charge in [0.15, 0.2) is 11.4 Å². The van der Waals surface area contributed by atoms with Crippen molar-refractivity contribution in [3.05, 3.63) is 68.4 Å². The summed E-state index contributed by atoms with van der Waals surface area (Å²) in [7, 11) is 0. The number of fused-ring (bicyclic) bond motifs is 2. The van der Waals surface area contributed by atoms with Gasteiger partial charge in [-0.3, -0.25) is 4.79 Å². The number of rotatable bonds is 4. The van der Waals surface area contributed by atoms with Gasteiger partial charge in [-0.2, -0.15) is 11.8 Å². The minimum Gasteiger partial charge on any atom is -0.384 e. The van der Waals surface area contributed by atoms with Crippen molar-refractivity contribution in [2.75, 3.05) is 25.1 Å². The molecule has 0 aliphatic carbocycles. The van der Waals surface area contributed by atoms with E-state index in [-0.39, 0.29) is 16.0 Å². The second-order valence-corrected chi connectivity index (χ2v) is 10.3. The number of amides is 1. The Morgan fingerprint density at radius 2 is 1.97 bits per heavy atom. The molecule has 32 heavy (non-hydrogen) atoms. The molecule has 0 saturated carbocycles. The molecule has 0 radical (unpaired) electrons. The second kappa shape index (κ2) is 7.90. The van der Waals surface area contributed by atoms with Crippen molar-refractivity contribution in [2.45, 2.75) is 31.2 Å². The van der Waals surface area contributed by atoms with E-state index in [0.29, 0.717) is 37.4 Å². The summed E-state index contributed by atoms with van der Waals surface area (Å²) in [4.78, 5) is 19.7. The molecule has 2 aromatic carbocycles. The molecule has 0 bridgehead atoms. The lowest BCUT2D eigenvalue weighted by Crippen LogP contribution is -2.61. The zero-order valence-corrected chi connectivity index (χ0v) is 19.9. The summed E-state index contributed by atoms with van der Waals surface area (Å²) in [6, 6.07) is 9.22. The molecular weight excluding hydrogens is 474 g/mol. The number of carbonyl (C=O) groups excluding carboxylic acids is 1. The van der Waals surface area contributed by atoms with Crippen LogP contribution in [-0.2, 0) is 32.2 Å². The zero-order valence-electron chi connectivity index (χ0n) is 17.6. The molecule has 5 rings (SSSR count). The highest BCUT2D eigenvalue weighted by Gasteiger charge is 2.51. The van der Waals surface area contributed by atoms with E-state index in [1.165, 1.54) is 23.9 Å². The van der Waals surface area contributed by atoms with Gasteiger partial charge in [0.1, 0.15) is 5.60 Å². The van der Waals surface area contributed by atoms with E-state index < -0.39 is 17.0 Å². The Kier molecular flexibility index (Phi) is 5.44. The molecule has 5 nitrogen and oxygen atoms in total. The lowest BCUT2D eigenvalue weighted by molar-refractivity contribution is -0.166. The van der Waals surface area contributed by atoms with E-state index in [1.807, 2.05) is 24.1 Å². The number of thioether (sulfide) groups is 1. The van der Waals surface area contributed by atoms with Crippen LogP contribution in [0.15, 0.2) is 35.5 Å². The highest BCUT2D eigenvalue weighted by Crippen LogP contribution is 2.45. The number of hydrogen-bond acceptors (Lipinski definition) is 5. The van der Waals surface area contributed by atoms with Gasteiger partial charge in [0.25, 0.3) is 0 Å². The topological polar surface area (TPSA) is 51.1 Å². The summed E-state index contributed by atoms with van der Waals surface area (Å²) in [5.74, 6) is -0.00285. The van der Waals surface area contributed by atoms with Gasteiger partial charge in [0, 0.05) is 12.0 Å². The molecule has 1 saturated heterocycles. The Bertz CT molecular complexity index is 1130. The largest absolute Gasteiger partial charge is 0.384 e. The normalized spacial score (nSPS) is 23.0. The summed E-state index contributed by atoms with van der Waals surface area (Å²) in [6.45, 7) is 3.56. The van der Waals surface area contributed by atoms with E-state index in [4.69, 9.17) is 32.8 Å². The van der Waals surface area contributed by atoms with Crippen LogP contribution in [0, 0.1) is 5.82 Å². The fraction of sp³-hybridized carbons (Fsp3) is 0.391. The maximum atomic E-state index is 13.8. The standard InChI is InChI=1S/C23H21Cl2FN2O3S/c1-22(15-6-17(24)21(26)18(25)7-15)8-19(27-31-22)13-3-4-16-14(5-13)9-30-23(16)11-28(12-23)20(29)10-32-2/h3-7H,8-12H2,1-2H3. The predicted molar refractivity (Wildman–Crippen MR) is 124 cm³/mol. The quantitative estimate of drug-likeness (QED) is 0.554. The number of carbonyl (C=O) groups is 1. The first-order valence-corrected chi connectivity index (χ1v) is 12.3. The van der Waals surface area contributed by atoms with Crippen LogP contribution in [0.3, 0.4) is 0 Å². The Morgan fingerprint density at radius 3 is 2.66 bits per heavy atom. The number of hydrogen-bond donors (Lipinski definition) is 0. The second-order valence-electron chi connectivity index (χ2n) is 8.63. The fourth-order valence-corrected chi connectivity index (χ4v) is 5.48. The molecule has 3 aliphatic heterocycles. The van der Waals surface area contributed by atoms with Crippen molar-refractivity contribution in [1.82, 2.24) is 4.90 Å². The third-order valence-electron chi connectivity index (χ3n) is 6.40. The highest BCUT2D eigenvalue weighted by atomic mass is 35.5. The van der Waals surface area contributed by atoms with Crippen LogP contribution in [0.5, 0.6) is 0 Å². The van der Waals surface area contributed by atoms with Crippen molar-refractivity contribution in [1.29, 1.82) is 0 Å².